The third kappa shape index (κ3) is 2.54. The molecule has 0 radical (unpaired) electrons. The van der Waals surface area contributed by atoms with E-state index in [0.29, 0.717) is 12.0 Å². The lowest BCUT2D eigenvalue weighted by atomic mass is 9.79. The van der Waals surface area contributed by atoms with Crippen LogP contribution in [0.1, 0.15) is 58.7 Å². The van der Waals surface area contributed by atoms with E-state index in [0.717, 1.165) is 11.6 Å². The molecule has 1 aromatic heterocycles. The highest BCUT2D eigenvalue weighted by Gasteiger charge is 2.30. The molecule has 0 spiro atoms. The van der Waals surface area contributed by atoms with E-state index in [1.807, 2.05) is 12.5 Å². The van der Waals surface area contributed by atoms with Gasteiger partial charge in [-0.15, -0.1) is 0 Å². The summed E-state index contributed by atoms with van der Waals surface area (Å²) in [6.07, 6.45) is 7.76. The van der Waals surface area contributed by atoms with E-state index in [9.17, 15) is 0 Å². The Morgan fingerprint density at radius 3 is 2.65 bits per heavy atom. The van der Waals surface area contributed by atoms with Crippen LogP contribution in [0.3, 0.4) is 0 Å². The number of nitrogens with two attached hydrogens (primary N) is 1. The Balaban J connectivity index is 2.26. The SMILES string of the molecule is CC1CCC(n2cncc2C(C)(C)N)C(C)C1. The van der Waals surface area contributed by atoms with E-state index in [1.165, 1.54) is 19.3 Å². The molecule has 0 saturated heterocycles. The minimum Gasteiger partial charge on any atom is -0.330 e. The highest BCUT2D eigenvalue weighted by molar-refractivity contribution is 5.11. The highest BCUT2D eigenvalue weighted by Crippen LogP contribution is 2.38. The third-order valence-corrected chi connectivity index (χ3v) is 4.07. The van der Waals surface area contributed by atoms with Gasteiger partial charge in [0, 0.05) is 12.2 Å². The molecule has 1 aliphatic rings. The summed E-state index contributed by atoms with van der Waals surface area (Å²) >= 11 is 0. The average molecular weight is 235 g/mol. The van der Waals surface area contributed by atoms with Crippen LogP contribution in [0.4, 0.5) is 0 Å². The average Bonchev–Trinajstić information content (AvgIpc) is 2.65. The smallest absolute Gasteiger partial charge is 0.0951 e. The zero-order valence-electron chi connectivity index (χ0n) is 11.5. The van der Waals surface area contributed by atoms with Crippen LogP contribution in [0.2, 0.25) is 0 Å². The van der Waals surface area contributed by atoms with Crippen molar-refractivity contribution >= 4 is 0 Å². The van der Waals surface area contributed by atoms with Crippen molar-refractivity contribution in [2.75, 3.05) is 0 Å². The predicted octanol–water partition coefficient (Wildman–Crippen LogP) is 3.07. The van der Waals surface area contributed by atoms with Crippen molar-refractivity contribution in [2.45, 2.75) is 58.5 Å². The molecule has 0 aromatic carbocycles. The summed E-state index contributed by atoms with van der Waals surface area (Å²) in [6.45, 7) is 8.81. The summed E-state index contributed by atoms with van der Waals surface area (Å²) in [7, 11) is 0. The Morgan fingerprint density at radius 2 is 2.06 bits per heavy atom. The molecule has 1 fully saturated rings. The van der Waals surface area contributed by atoms with Gasteiger partial charge < -0.3 is 10.3 Å². The van der Waals surface area contributed by atoms with Crippen LogP contribution >= 0.6 is 0 Å². The second-order valence-corrected chi connectivity index (χ2v) is 6.37. The Kier molecular flexibility index (Phi) is 3.30. The first-order chi connectivity index (χ1) is 7.89. The normalized spacial score (nSPS) is 30.5. The number of nitrogens with zero attached hydrogens (tertiary/aromatic N) is 2. The first kappa shape index (κ1) is 12.6. The Labute approximate surface area is 104 Å². The van der Waals surface area contributed by atoms with Gasteiger partial charge in [-0.3, -0.25) is 0 Å². The summed E-state index contributed by atoms with van der Waals surface area (Å²) in [5.74, 6) is 1.58. The van der Waals surface area contributed by atoms with Gasteiger partial charge in [0.15, 0.2) is 0 Å². The van der Waals surface area contributed by atoms with E-state index in [1.54, 1.807) is 0 Å². The molecular formula is C14H25N3. The van der Waals surface area contributed by atoms with Crippen LogP contribution in [-0.4, -0.2) is 9.55 Å². The van der Waals surface area contributed by atoms with Gasteiger partial charge in [0.1, 0.15) is 0 Å². The van der Waals surface area contributed by atoms with E-state index < -0.39 is 0 Å². The van der Waals surface area contributed by atoms with Crippen molar-refractivity contribution in [1.29, 1.82) is 0 Å². The molecule has 1 aliphatic carbocycles. The number of hydrogen-bond donors (Lipinski definition) is 1. The van der Waals surface area contributed by atoms with E-state index >= 15 is 0 Å². The fourth-order valence-electron chi connectivity index (χ4n) is 3.13. The molecule has 3 nitrogen and oxygen atoms in total. The van der Waals surface area contributed by atoms with Crippen molar-refractivity contribution < 1.29 is 0 Å². The molecule has 3 atom stereocenters. The molecule has 0 bridgehead atoms. The third-order valence-electron chi connectivity index (χ3n) is 4.07. The predicted molar refractivity (Wildman–Crippen MR) is 70.7 cm³/mol. The molecule has 1 saturated carbocycles. The zero-order chi connectivity index (χ0) is 12.6. The molecule has 1 heterocycles. The summed E-state index contributed by atoms with van der Waals surface area (Å²) in [5.41, 5.74) is 7.07. The quantitative estimate of drug-likeness (QED) is 0.856. The topological polar surface area (TPSA) is 43.8 Å². The second kappa shape index (κ2) is 4.45. The van der Waals surface area contributed by atoms with Gasteiger partial charge in [0.2, 0.25) is 0 Å². The van der Waals surface area contributed by atoms with Crippen LogP contribution in [0, 0.1) is 11.8 Å². The fourth-order valence-corrected chi connectivity index (χ4v) is 3.13. The number of imidazole rings is 1. The molecule has 3 heteroatoms. The molecule has 17 heavy (non-hydrogen) atoms. The van der Waals surface area contributed by atoms with Crippen molar-refractivity contribution in [3.05, 3.63) is 18.2 Å². The maximum absolute atomic E-state index is 6.22. The van der Waals surface area contributed by atoms with Gasteiger partial charge in [-0.25, -0.2) is 4.98 Å². The van der Waals surface area contributed by atoms with Crippen molar-refractivity contribution in [3.8, 4) is 0 Å². The van der Waals surface area contributed by atoms with Gasteiger partial charge in [0.05, 0.1) is 17.6 Å². The molecule has 0 amide bonds. The van der Waals surface area contributed by atoms with Gasteiger partial charge >= 0.3 is 0 Å². The minimum atomic E-state index is -0.306. The number of rotatable bonds is 2. The number of hydrogen-bond acceptors (Lipinski definition) is 2. The maximum Gasteiger partial charge on any atom is 0.0951 e. The van der Waals surface area contributed by atoms with Crippen LogP contribution < -0.4 is 5.73 Å². The lowest BCUT2D eigenvalue weighted by molar-refractivity contribution is 0.200. The summed E-state index contributed by atoms with van der Waals surface area (Å²) < 4.78 is 2.32. The first-order valence-corrected chi connectivity index (χ1v) is 6.70. The van der Waals surface area contributed by atoms with Crippen molar-refractivity contribution in [1.82, 2.24) is 9.55 Å². The minimum absolute atomic E-state index is 0.306. The van der Waals surface area contributed by atoms with E-state index in [-0.39, 0.29) is 5.54 Å². The van der Waals surface area contributed by atoms with Gasteiger partial charge in [-0.1, -0.05) is 13.8 Å². The molecule has 2 rings (SSSR count). The van der Waals surface area contributed by atoms with Gasteiger partial charge in [-0.2, -0.15) is 0 Å². The first-order valence-electron chi connectivity index (χ1n) is 6.70. The van der Waals surface area contributed by atoms with Gasteiger partial charge in [0.25, 0.3) is 0 Å². The largest absolute Gasteiger partial charge is 0.330 e. The molecule has 3 unspecified atom stereocenters. The summed E-state index contributed by atoms with van der Waals surface area (Å²) in [4.78, 5) is 4.30. The summed E-state index contributed by atoms with van der Waals surface area (Å²) in [6, 6.07) is 0.575. The standard InChI is InChI=1S/C14H25N3/c1-10-5-6-12(11(2)7-10)17-9-16-8-13(17)14(3,4)15/h8-12H,5-7,15H2,1-4H3. The van der Waals surface area contributed by atoms with Gasteiger partial charge in [-0.05, 0) is 44.9 Å². The van der Waals surface area contributed by atoms with E-state index in [4.69, 9.17) is 5.73 Å². The molecular weight excluding hydrogens is 210 g/mol. The maximum atomic E-state index is 6.22. The van der Waals surface area contributed by atoms with Crippen LogP contribution in [0.5, 0.6) is 0 Å². The van der Waals surface area contributed by atoms with Crippen molar-refractivity contribution in [3.63, 3.8) is 0 Å². The van der Waals surface area contributed by atoms with E-state index in [2.05, 4.69) is 37.2 Å². The molecule has 96 valence electrons. The zero-order valence-corrected chi connectivity index (χ0v) is 11.5. The Bertz CT molecular complexity index is 375. The molecule has 2 N–H and O–H groups in total. The van der Waals surface area contributed by atoms with Crippen LogP contribution in [-0.2, 0) is 5.54 Å². The molecule has 0 aliphatic heterocycles. The van der Waals surface area contributed by atoms with Crippen LogP contribution in [0.25, 0.3) is 0 Å². The lowest BCUT2D eigenvalue weighted by Gasteiger charge is -2.36. The highest BCUT2D eigenvalue weighted by atomic mass is 15.1. The van der Waals surface area contributed by atoms with Crippen molar-refractivity contribution in [2.24, 2.45) is 17.6 Å². The second-order valence-electron chi connectivity index (χ2n) is 6.37. The lowest BCUT2D eigenvalue weighted by Crippen LogP contribution is -2.34. The Hall–Kier alpha value is -0.830. The summed E-state index contributed by atoms with van der Waals surface area (Å²) in [5, 5.41) is 0. The molecule has 1 aromatic rings. The van der Waals surface area contributed by atoms with Crippen LogP contribution in [0.15, 0.2) is 12.5 Å². The monoisotopic (exact) mass is 235 g/mol. The Morgan fingerprint density at radius 1 is 1.35 bits per heavy atom. The number of aromatic nitrogens is 2. The fraction of sp³-hybridized carbons (Fsp3) is 0.786.